The number of benzene rings is 1. The molecule has 0 radical (unpaired) electrons. The van der Waals surface area contributed by atoms with Crippen LogP contribution in [0.15, 0.2) is 18.2 Å². The lowest BCUT2D eigenvalue weighted by atomic mass is 9.80. The van der Waals surface area contributed by atoms with Crippen LogP contribution >= 0.6 is 0 Å². The van der Waals surface area contributed by atoms with E-state index in [1.165, 1.54) is 0 Å². The fourth-order valence-corrected chi connectivity index (χ4v) is 1.66. The van der Waals surface area contributed by atoms with Crippen molar-refractivity contribution in [2.24, 2.45) is 0 Å². The highest BCUT2D eigenvalue weighted by molar-refractivity contribution is 6.73. The normalized spacial score (nSPS) is 11.9. The summed E-state index contributed by atoms with van der Waals surface area (Å²) in [6.07, 6.45) is 0. The summed E-state index contributed by atoms with van der Waals surface area (Å²) in [6.45, 7) is 1.14. The summed E-state index contributed by atoms with van der Waals surface area (Å²) in [5.41, 5.74) is -0.848. The molecule has 0 atom stereocenters. The van der Waals surface area contributed by atoms with Gasteiger partial charge in [-0.15, -0.1) is 5.46 Å². The fourth-order valence-electron chi connectivity index (χ4n) is 1.66. The highest BCUT2D eigenvalue weighted by Crippen LogP contribution is 2.18. The number of rotatable bonds is 7. The van der Waals surface area contributed by atoms with Crippen molar-refractivity contribution in [3.05, 3.63) is 24.0 Å². The predicted molar refractivity (Wildman–Crippen MR) is 68.4 cm³/mol. The van der Waals surface area contributed by atoms with E-state index in [0.717, 1.165) is 31.3 Å². The Morgan fingerprint density at radius 1 is 1.16 bits per heavy atom. The molecule has 0 heterocycles. The van der Waals surface area contributed by atoms with Crippen LogP contribution in [0.25, 0.3) is 0 Å². The van der Waals surface area contributed by atoms with Crippen molar-refractivity contribution >= 4 is 12.4 Å². The molecular weight excluding hydrogens is 261 g/mol. The summed E-state index contributed by atoms with van der Waals surface area (Å²) in [7, 11) is 0. The lowest BCUT2D eigenvalue weighted by Gasteiger charge is -2.19. The lowest BCUT2D eigenvalue weighted by Crippen LogP contribution is -2.34. The Kier molecular flexibility index (Phi) is 5.66. The molecule has 108 valence electrons. The Labute approximate surface area is 110 Å². The first-order chi connectivity index (χ1) is 8.88. The van der Waals surface area contributed by atoms with Gasteiger partial charge < -0.3 is 22.6 Å². The molecule has 7 heteroatoms. The van der Waals surface area contributed by atoms with Gasteiger partial charge in [-0.1, -0.05) is 19.9 Å². The van der Waals surface area contributed by atoms with Gasteiger partial charge in [-0.25, -0.2) is 4.39 Å². The highest BCUT2D eigenvalue weighted by atomic mass is 19.4. The third-order valence-electron chi connectivity index (χ3n) is 2.89. The number of ether oxygens (including phenoxy) is 1. The minimum absolute atomic E-state index is 0.160. The van der Waals surface area contributed by atoms with Gasteiger partial charge in [0.25, 0.3) is 0 Å². The molecule has 0 amide bonds. The van der Waals surface area contributed by atoms with E-state index in [1.54, 1.807) is 0 Å². The Hall–Kier alpha value is -1.24. The van der Waals surface area contributed by atoms with Crippen LogP contribution in [0.2, 0.25) is 0 Å². The van der Waals surface area contributed by atoms with Crippen LogP contribution < -0.4 is 10.2 Å². The topological polar surface area (TPSA) is 12.5 Å². The maximum atomic E-state index is 13.3. The van der Waals surface area contributed by atoms with E-state index >= 15 is 0 Å². The molecule has 0 saturated heterocycles. The predicted octanol–water partition coefficient (Wildman–Crippen LogP) is 2.60. The summed E-state index contributed by atoms with van der Waals surface area (Å²) in [6, 6.07) is 2.24. The molecule has 0 N–H and O–H groups in total. The zero-order valence-corrected chi connectivity index (χ0v) is 11.0. The fraction of sp³-hybridized carbons (Fsp3) is 0.500. The van der Waals surface area contributed by atoms with Crippen LogP contribution in [-0.2, 0) is 0 Å². The summed E-state index contributed by atoms with van der Waals surface area (Å²) >= 11 is 0. The van der Waals surface area contributed by atoms with Crippen molar-refractivity contribution in [2.45, 2.75) is 13.8 Å². The van der Waals surface area contributed by atoms with Crippen LogP contribution in [0.4, 0.5) is 17.3 Å². The number of halogens is 4. The monoisotopic (exact) mass is 278 g/mol. The minimum atomic E-state index is -5.14. The molecule has 0 aliphatic heterocycles. The molecule has 0 bridgehead atoms. The Bertz CT molecular complexity index is 407. The third kappa shape index (κ3) is 4.74. The lowest BCUT2D eigenvalue weighted by molar-refractivity contribution is 0.217. The van der Waals surface area contributed by atoms with Gasteiger partial charge in [-0.2, -0.15) is 0 Å². The largest absolute Gasteiger partial charge is 0.509 e. The number of hydrogen-bond acceptors (Lipinski definition) is 2. The molecule has 0 unspecified atom stereocenters. The van der Waals surface area contributed by atoms with Crippen molar-refractivity contribution in [1.82, 2.24) is 4.90 Å². The van der Waals surface area contributed by atoms with Gasteiger partial charge in [-0.05, 0) is 25.2 Å². The average Bonchev–Trinajstić information content (AvgIpc) is 2.35. The smallest absolute Gasteiger partial charge is 0.489 e. The highest BCUT2D eigenvalue weighted by Gasteiger charge is 2.26. The van der Waals surface area contributed by atoms with Gasteiger partial charge in [-0.3, -0.25) is 0 Å². The van der Waals surface area contributed by atoms with Gasteiger partial charge >= 0.3 is 6.98 Å². The van der Waals surface area contributed by atoms with Crippen molar-refractivity contribution < 1.29 is 22.1 Å². The van der Waals surface area contributed by atoms with Crippen molar-refractivity contribution in [3.63, 3.8) is 0 Å². The second kappa shape index (κ2) is 6.79. The van der Waals surface area contributed by atoms with E-state index in [1.807, 2.05) is 18.7 Å². The van der Waals surface area contributed by atoms with Crippen molar-refractivity contribution in [2.75, 3.05) is 26.2 Å². The summed E-state index contributed by atoms with van der Waals surface area (Å²) in [4.78, 5) is 2.04. The van der Waals surface area contributed by atoms with Crippen LogP contribution in [0.3, 0.4) is 0 Å². The molecule has 1 aromatic carbocycles. The molecule has 0 aromatic heterocycles. The van der Waals surface area contributed by atoms with Crippen LogP contribution in [-0.4, -0.2) is 38.1 Å². The van der Waals surface area contributed by atoms with E-state index in [9.17, 15) is 17.3 Å². The summed E-state index contributed by atoms with van der Waals surface area (Å²) in [5, 5.41) is 0. The van der Waals surface area contributed by atoms with E-state index in [4.69, 9.17) is 4.74 Å². The van der Waals surface area contributed by atoms with Crippen LogP contribution in [0.1, 0.15) is 13.8 Å². The quantitative estimate of drug-likeness (QED) is 0.561. The first-order valence-electron chi connectivity index (χ1n) is 6.23. The summed E-state index contributed by atoms with van der Waals surface area (Å²) < 4.78 is 56.1. The van der Waals surface area contributed by atoms with Crippen molar-refractivity contribution in [3.8, 4) is 5.75 Å². The van der Waals surface area contributed by atoms with Gasteiger partial charge in [0.15, 0.2) is 11.6 Å². The van der Waals surface area contributed by atoms with E-state index < -0.39 is 18.3 Å². The van der Waals surface area contributed by atoms with Gasteiger partial charge in [0.1, 0.15) is 6.61 Å². The van der Waals surface area contributed by atoms with Gasteiger partial charge in [0.05, 0.1) is 0 Å². The first kappa shape index (κ1) is 15.8. The molecule has 0 aliphatic rings. The second-order valence-electron chi connectivity index (χ2n) is 4.14. The maximum absolute atomic E-state index is 13.3. The molecule has 0 aliphatic carbocycles. The van der Waals surface area contributed by atoms with E-state index in [2.05, 4.69) is 0 Å². The molecule has 0 fully saturated rings. The number of hydrogen-bond donors (Lipinski definition) is 0. The molecule has 1 aromatic rings. The molecule has 2 nitrogen and oxygen atoms in total. The van der Waals surface area contributed by atoms with E-state index in [-0.39, 0.29) is 12.4 Å². The van der Waals surface area contributed by atoms with E-state index in [0.29, 0.717) is 6.54 Å². The van der Waals surface area contributed by atoms with Crippen molar-refractivity contribution in [1.29, 1.82) is 0 Å². The van der Waals surface area contributed by atoms with Crippen LogP contribution in [0, 0.1) is 5.82 Å². The molecule has 0 saturated carbocycles. The Balaban J connectivity index is 2.67. The van der Waals surface area contributed by atoms with Crippen LogP contribution in [0.5, 0.6) is 5.75 Å². The number of likely N-dealkylation sites (N-methyl/N-ethyl adjacent to an activating group) is 1. The standard InChI is InChI=1S/C12H17BF4NO/c1-3-18(4-2)7-8-19-12-9-10(13(15,16)17)5-6-11(12)14/h5-6,9H,3-4,7-8H2,1-2H3/q-1. The average molecular weight is 278 g/mol. The van der Waals surface area contributed by atoms with Gasteiger partial charge in [0.2, 0.25) is 0 Å². The minimum Gasteiger partial charge on any atom is -0.489 e. The second-order valence-corrected chi connectivity index (χ2v) is 4.14. The Morgan fingerprint density at radius 2 is 1.79 bits per heavy atom. The Morgan fingerprint density at radius 3 is 2.32 bits per heavy atom. The van der Waals surface area contributed by atoms with Gasteiger partial charge in [0, 0.05) is 6.54 Å². The first-order valence-corrected chi connectivity index (χ1v) is 6.23. The molecule has 0 spiro atoms. The SMILES string of the molecule is CCN(CC)CCOc1cc([B-](F)(F)F)ccc1F. The third-order valence-corrected chi connectivity index (χ3v) is 2.89. The zero-order valence-electron chi connectivity index (χ0n) is 11.0. The molecular formula is C12H17BF4NO-. The summed E-state index contributed by atoms with van der Waals surface area (Å²) in [5.74, 6) is -1.12. The maximum Gasteiger partial charge on any atom is 0.509 e. The number of nitrogens with zero attached hydrogens (tertiary/aromatic N) is 1. The molecule has 1 rings (SSSR count). The zero-order chi connectivity index (χ0) is 14.5. The molecule has 19 heavy (non-hydrogen) atoms.